The number of alkyl halides is 2. The highest BCUT2D eigenvalue weighted by atomic mass is 19.3. The second kappa shape index (κ2) is 9.88. The minimum atomic E-state index is -2.94. The lowest BCUT2D eigenvalue weighted by molar-refractivity contribution is -0.136. The van der Waals surface area contributed by atoms with E-state index >= 15 is 0 Å². The first-order chi connectivity index (χ1) is 14.8. The molecular weight excluding hydrogens is 408 g/mol. The van der Waals surface area contributed by atoms with E-state index in [1.165, 1.54) is 30.3 Å². The number of halogens is 2. The Labute approximate surface area is 177 Å². The number of rotatable bonds is 9. The highest BCUT2D eigenvalue weighted by Crippen LogP contribution is 2.19. The summed E-state index contributed by atoms with van der Waals surface area (Å²) in [5.74, 6) is -0.357. The van der Waals surface area contributed by atoms with Gasteiger partial charge in [0.2, 0.25) is 0 Å². The summed E-state index contributed by atoms with van der Waals surface area (Å²) < 4.78 is 41.0. The van der Waals surface area contributed by atoms with Gasteiger partial charge in [0.05, 0.1) is 12.8 Å². The summed E-state index contributed by atoms with van der Waals surface area (Å²) in [6, 6.07) is 10.8. The van der Waals surface area contributed by atoms with E-state index in [2.05, 4.69) is 9.30 Å². The number of hydrogen-bond donors (Lipinski definition) is 0. The molecule has 0 saturated heterocycles. The molecule has 0 saturated carbocycles. The summed E-state index contributed by atoms with van der Waals surface area (Å²) in [4.78, 5) is 24.1. The van der Waals surface area contributed by atoms with E-state index in [9.17, 15) is 18.4 Å². The quantitative estimate of drug-likeness (QED) is 0.278. The first kappa shape index (κ1) is 22.0. The molecule has 0 N–H and O–H groups in total. The SMILES string of the molecule is Cc1cc(/C=C/C(=O)OCC(=O)c2ccc(OC(F)F)cc2)c(C)n1Cc1ccco1. The van der Waals surface area contributed by atoms with E-state index < -0.39 is 25.0 Å². The van der Waals surface area contributed by atoms with Gasteiger partial charge in [-0.15, -0.1) is 0 Å². The van der Waals surface area contributed by atoms with Crippen LogP contribution in [0.3, 0.4) is 0 Å². The molecular formula is C23H21F2NO5. The van der Waals surface area contributed by atoms with Crippen LogP contribution in [0.25, 0.3) is 6.08 Å². The van der Waals surface area contributed by atoms with Crippen LogP contribution in [0.4, 0.5) is 8.78 Å². The van der Waals surface area contributed by atoms with Crippen molar-refractivity contribution >= 4 is 17.8 Å². The van der Waals surface area contributed by atoms with Crippen molar-refractivity contribution < 1.29 is 32.3 Å². The van der Waals surface area contributed by atoms with E-state index in [4.69, 9.17) is 9.15 Å². The molecule has 2 heterocycles. The van der Waals surface area contributed by atoms with Gasteiger partial charge in [-0.05, 0) is 68.0 Å². The number of hydrogen-bond acceptors (Lipinski definition) is 5. The maximum Gasteiger partial charge on any atom is 0.387 e. The smallest absolute Gasteiger partial charge is 0.387 e. The van der Waals surface area contributed by atoms with Crippen LogP contribution in [-0.4, -0.2) is 29.5 Å². The van der Waals surface area contributed by atoms with Gasteiger partial charge in [0.25, 0.3) is 0 Å². The number of carbonyl (C=O) groups excluding carboxylic acids is 2. The average Bonchev–Trinajstić information content (AvgIpc) is 3.34. The summed E-state index contributed by atoms with van der Waals surface area (Å²) in [7, 11) is 0. The second-order valence-corrected chi connectivity index (χ2v) is 6.76. The molecule has 0 bridgehead atoms. The first-order valence-corrected chi connectivity index (χ1v) is 9.45. The largest absolute Gasteiger partial charge is 0.467 e. The normalized spacial score (nSPS) is 11.3. The van der Waals surface area contributed by atoms with Crippen LogP contribution < -0.4 is 4.74 Å². The van der Waals surface area contributed by atoms with E-state index in [0.717, 1.165) is 22.7 Å². The van der Waals surface area contributed by atoms with E-state index in [1.807, 2.05) is 32.0 Å². The van der Waals surface area contributed by atoms with Crippen molar-refractivity contribution in [1.29, 1.82) is 0 Å². The summed E-state index contributed by atoms with van der Waals surface area (Å²) >= 11 is 0. The molecule has 0 aliphatic rings. The van der Waals surface area contributed by atoms with Crippen LogP contribution in [-0.2, 0) is 16.1 Å². The Kier molecular flexibility index (Phi) is 7.02. The molecule has 1 aromatic carbocycles. The lowest BCUT2D eigenvalue weighted by Gasteiger charge is -2.07. The lowest BCUT2D eigenvalue weighted by Crippen LogP contribution is -2.12. The van der Waals surface area contributed by atoms with Crippen molar-refractivity contribution in [1.82, 2.24) is 4.57 Å². The van der Waals surface area contributed by atoms with Crippen molar-refractivity contribution in [3.05, 3.63) is 83.1 Å². The topological polar surface area (TPSA) is 70.7 Å². The maximum absolute atomic E-state index is 12.2. The number of ether oxygens (including phenoxy) is 2. The van der Waals surface area contributed by atoms with Gasteiger partial charge in [-0.1, -0.05) is 0 Å². The molecule has 8 heteroatoms. The predicted molar refractivity (Wildman–Crippen MR) is 109 cm³/mol. The molecule has 3 rings (SSSR count). The third-order valence-corrected chi connectivity index (χ3v) is 4.65. The molecule has 0 amide bonds. The number of benzene rings is 1. The summed E-state index contributed by atoms with van der Waals surface area (Å²) in [5.41, 5.74) is 3.04. The molecule has 0 aliphatic carbocycles. The minimum Gasteiger partial charge on any atom is -0.467 e. The van der Waals surface area contributed by atoms with Crippen LogP contribution in [0.5, 0.6) is 5.75 Å². The molecule has 0 spiro atoms. The number of nitrogens with zero attached hydrogens (tertiary/aromatic N) is 1. The molecule has 2 aromatic heterocycles. The molecule has 0 fully saturated rings. The fourth-order valence-corrected chi connectivity index (χ4v) is 3.05. The molecule has 3 aromatic rings. The number of esters is 1. The molecule has 6 nitrogen and oxygen atoms in total. The van der Waals surface area contributed by atoms with Gasteiger partial charge in [-0.2, -0.15) is 8.78 Å². The van der Waals surface area contributed by atoms with Gasteiger partial charge in [-0.3, -0.25) is 4.79 Å². The summed E-state index contributed by atoms with van der Waals surface area (Å²) in [5, 5.41) is 0. The van der Waals surface area contributed by atoms with Crippen LogP contribution in [0.15, 0.2) is 59.2 Å². The predicted octanol–water partition coefficient (Wildman–Crippen LogP) is 4.79. The third-order valence-electron chi connectivity index (χ3n) is 4.65. The molecule has 31 heavy (non-hydrogen) atoms. The molecule has 0 radical (unpaired) electrons. The fraction of sp³-hybridized carbons (Fsp3) is 0.217. The summed E-state index contributed by atoms with van der Waals surface area (Å²) in [6.07, 6.45) is 4.50. The zero-order valence-corrected chi connectivity index (χ0v) is 17.0. The van der Waals surface area contributed by atoms with Gasteiger partial charge >= 0.3 is 12.6 Å². The Bertz CT molecular complexity index is 1070. The monoisotopic (exact) mass is 429 g/mol. The Morgan fingerprint density at radius 2 is 1.90 bits per heavy atom. The summed E-state index contributed by atoms with van der Waals surface area (Å²) in [6.45, 7) is 1.08. The van der Waals surface area contributed by atoms with Gasteiger partial charge in [-0.25, -0.2) is 4.79 Å². The second-order valence-electron chi connectivity index (χ2n) is 6.76. The van der Waals surface area contributed by atoms with E-state index in [0.29, 0.717) is 6.54 Å². The van der Waals surface area contributed by atoms with Crippen molar-refractivity contribution in [3.8, 4) is 5.75 Å². The van der Waals surface area contributed by atoms with Gasteiger partial charge in [0.1, 0.15) is 11.5 Å². The van der Waals surface area contributed by atoms with Crippen molar-refractivity contribution in [2.45, 2.75) is 27.0 Å². The number of carbonyl (C=O) groups is 2. The Morgan fingerprint density at radius 1 is 1.16 bits per heavy atom. The standard InChI is InChI=1S/C23H21F2NO5/c1-15-12-18(16(2)26(15)13-20-4-3-11-29-20)7-10-22(28)30-14-21(27)17-5-8-19(9-6-17)31-23(24)25/h3-12,23H,13-14H2,1-2H3/b10-7+. The van der Waals surface area contributed by atoms with Crippen molar-refractivity contribution in [2.75, 3.05) is 6.61 Å². The number of furan rings is 1. The van der Waals surface area contributed by atoms with Crippen LogP contribution in [0.2, 0.25) is 0 Å². The van der Waals surface area contributed by atoms with Crippen LogP contribution in [0.1, 0.15) is 33.1 Å². The Morgan fingerprint density at radius 3 is 2.55 bits per heavy atom. The number of aromatic nitrogens is 1. The zero-order valence-electron chi connectivity index (χ0n) is 17.0. The van der Waals surface area contributed by atoms with Crippen molar-refractivity contribution in [2.24, 2.45) is 0 Å². The van der Waals surface area contributed by atoms with Crippen molar-refractivity contribution in [3.63, 3.8) is 0 Å². The zero-order chi connectivity index (χ0) is 22.4. The van der Waals surface area contributed by atoms with Gasteiger partial charge < -0.3 is 18.5 Å². The Hall–Kier alpha value is -3.68. The minimum absolute atomic E-state index is 0.0591. The van der Waals surface area contributed by atoms with Crippen LogP contribution in [0, 0.1) is 13.8 Å². The Balaban J connectivity index is 1.55. The molecule has 0 atom stereocenters. The van der Waals surface area contributed by atoms with Gasteiger partial charge in [0, 0.05) is 23.0 Å². The third kappa shape index (κ3) is 5.91. The van der Waals surface area contributed by atoms with Gasteiger partial charge in [0.15, 0.2) is 12.4 Å². The molecule has 0 aliphatic heterocycles. The maximum atomic E-state index is 12.2. The molecule has 0 unspecified atom stereocenters. The molecule has 162 valence electrons. The van der Waals surface area contributed by atoms with Crippen LogP contribution >= 0.6 is 0 Å². The highest BCUT2D eigenvalue weighted by molar-refractivity contribution is 5.99. The lowest BCUT2D eigenvalue weighted by atomic mass is 10.1. The highest BCUT2D eigenvalue weighted by Gasteiger charge is 2.12. The van der Waals surface area contributed by atoms with E-state index in [-0.39, 0.29) is 11.3 Å². The number of Topliss-reactive ketones (excluding diaryl/α,β-unsaturated/α-hetero) is 1. The number of aryl methyl sites for hydroxylation is 1. The van der Waals surface area contributed by atoms with E-state index in [1.54, 1.807) is 12.3 Å². The average molecular weight is 429 g/mol. The fourth-order valence-electron chi connectivity index (χ4n) is 3.05. The first-order valence-electron chi connectivity index (χ1n) is 9.45. The number of ketones is 1.